The molecule has 3 nitrogen and oxygen atoms in total. The summed E-state index contributed by atoms with van der Waals surface area (Å²) in [6, 6.07) is 2.09. The van der Waals surface area contributed by atoms with Gasteiger partial charge in [0.1, 0.15) is 0 Å². The van der Waals surface area contributed by atoms with Gasteiger partial charge in [-0.2, -0.15) is 5.10 Å². The molecule has 1 saturated carbocycles. The quantitative estimate of drug-likeness (QED) is 0.710. The van der Waals surface area contributed by atoms with E-state index in [1.807, 2.05) is 11.6 Å². The summed E-state index contributed by atoms with van der Waals surface area (Å²) in [6.45, 7) is 4.97. The van der Waals surface area contributed by atoms with Crippen LogP contribution in [0.3, 0.4) is 0 Å². The number of aryl methyl sites for hydroxylation is 2. The number of nitrogens with two attached hydrogens (primary N) is 1. The molecule has 1 fully saturated rings. The Bertz CT molecular complexity index is 297. The van der Waals surface area contributed by atoms with E-state index in [1.54, 1.807) is 0 Å². The van der Waals surface area contributed by atoms with E-state index in [0.29, 0.717) is 0 Å². The van der Waals surface area contributed by atoms with Crippen LogP contribution in [0.1, 0.15) is 24.2 Å². The highest BCUT2D eigenvalue weighted by atomic mass is 15.3. The van der Waals surface area contributed by atoms with Gasteiger partial charge in [-0.15, -0.1) is 0 Å². The first-order valence-corrected chi connectivity index (χ1v) is 4.39. The Balaban J connectivity index is 2.17. The van der Waals surface area contributed by atoms with Gasteiger partial charge in [0.15, 0.2) is 0 Å². The van der Waals surface area contributed by atoms with Gasteiger partial charge in [-0.3, -0.25) is 4.68 Å². The number of aromatic nitrogens is 2. The van der Waals surface area contributed by atoms with E-state index in [1.165, 1.54) is 5.69 Å². The van der Waals surface area contributed by atoms with Crippen molar-refractivity contribution in [3.05, 3.63) is 17.5 Å². The summed E-state index contributed by atoms with van der Waals surface area (Å²) >= 11 is 0. The molecule has 0 aromatic carbocycles. The molecule has 0 amide bonds. The minimum absolute atomic E-state index is 0.0587. The Labute approximate surface area is 72.6 Å². The van der Waals surface area contributed by atoms with Crippen molar-refractivity contribution in [3.8, 4) is 0 Å². The first-order chi connectivity index (χ1) is 5.59. The second-order valence-electron chi connectivity index (χ2n) is 3.95. The molecule has 0 aliphatic heterocycles. The molecule has 1 aliphatic carbocycles. The van der Waals surface area contributed by atoms with Crippen molar-refractivity contribution >= 4 is 0 Å². The fraction of sp³-hybridized carbons (Fsp3) is 0.667. The summed E-state index contributed by atoms with van der Waals surface area (Å²) in [5, 5.41) is 4.37. The first-order valence-electron chi connectivity index (χ1n) is 4.39. The molecule has 2 N–H and O–H groups in total. The Morgan fingerprint density at radius 1 is 1.58 bits per heavy atom. The lowest BCUT2D eigenvalue weighted by Gasteiger charge is -2.09. The van der Waals surface area contributed by atoms with Gasteiger partial charge < -0.3 is 5.73 Å². The SMILES string of the molecule is Cc1cc(C)n(CC2(N)CC2)n1. The third-order valence-corrected chi connectivity index (χ3v) is 2.46. The minimum atomic E-state index is 0.0587. The molecule has 1 aromatic rings. The van der Waals surface area contributed by atoms with Gasteiger partial charge in [-0.05, 0) is 32.8 Å². The fourth-order valence-corrected chi connectivity index (χ4v) is 1.45. The van der Waals surface area contributed by atoms with Crippen LogP contribution in [-0.4, -0.2) is 15.3 Å². The van der Waals surface area contributed by atoms with Gasteiger partial charge in [0.05, 0.1) is 12.2 Å². The lowest BCUT2D eigenvalue weighted by molar-refractivity contribution is 0.489. The van der Waals surface area contributed by atoms with Crippen LogP contribution in [0.25, 0.3) is 0 Å². The third kappa shape index (κ3) is 1.37. The predicted octanol–water partition coefficient (Wildman–Crippen LogP) is 0.991. The molecule has 2 rings (SSSR count). The maximum Gasteiger partial charge on any atom is 0.0596 e. The monoisotopic (exact) mass is 165 g/mol. The van der Waals surface area contributed by atoms with Crippen LogP contribution in [-0.2, 0) is 6.54 Å². The second kappa shape index (κ2) is 2.33. The van der Waals surface area contributed by atoms with Crippen molar-refractivity contribution in [1.82, 2.24) is 9.78 Å². The average Bonchev–Trinajstić information content (AvgIpc) is 2.58. The molecule has 0 unspecified atom stereocenters. The number of hydrogen-bond acceptors (Lipinski definition) is 2. The smallest absolute Gasteiger partial charge is 0.0596 e. The summed E-state index contributed by atoms with van der Waals surface area (Å²) in [7, 11) is 0. The first kappa shape index (κ1) is 7.80. The van der Waals surface area contributed by atoms with Gasteiger partial charge in [0, 0.05) is 11.2 Å². The Morgan fingerprint density at radius 3 is 2.67 bits per heavy atom. The third-order valence-electron chi connectivity index (χ3n) is 2.46. The predicted molar refractivity (Wildman–Crippen MR) is 47.9 cm³/mol. The number of nitrogens with zero attached hydrogens (tertiary/aromatic N) is 2. The summed E-state index contributed by atoms with van der Waals surface area (Å²) in [4.78, 5) is 0. The zero-order valence-electron chi connectivity index (χ0n) is 7.67. The van der Waals surface area contributed by atoms with Crippen molar-refractivity contribution in [2.24, 2.45) is 5.73 Å². The van der Waals surface area contributed by atoms with Crippen LogP contribution in [0.15, 0.2) is 6.07 Å². The topological polar surface area (TPSA) is 43.8 Å². The number of hydrogen-bond donors (Lipinski definition) is 1. The molecule has 0 radical (unpaired) electrons. The van der Waals surface area contributed by atoms with E-state index in [9.17, 15) is 0 Å². The van der Waals surface area contributed by atoms with E-state index in [0.717, 1.165) is 25.1 Å². The molecule has 0 bridgehead atoms. The van der Waals surface area contributed by atoms with Crippen LogP contribution in [0, 0.1) is 13.8 Å². The molecule has 1 aromatic heterocycles. The largest absolute Gasteiger partial charge is 0.324 e. The van der Waals surface area contributed by atoms with Gasteiger partial charge in [-0.25, -0.2) is 0 Å². The molecule has 66 valence electrons. The summed E-state index contributed by atoms with van der Waals surface area (Å²) in [5.41, 5.74) is 8.35. The van der Waals surface area contributed by atoms with Crippen LogP contribution < -0.4 is 5.73 Å². The molecule has 1 heterocycles. The Morgan fingerprint density at radius 2 is 2.25 bits per heavy atom. The van der Waals surface area contributed by atoms with Crippen LogP contribution in [0.5, 0.6) is 0 Å². The van der Waals surface area contributed by atoms with E-state index >= 15 is 0 Å². The molecule has 3 heteroatoms. The lowest BCUT2D eigenvalue weighted by atomic mass is 10.3. The molecule has 0 atom stereocenters. The zero-order valence-corrected chi connectivity index (χ0v) is 7.67. The highest BCUT2D eigenvalue weighted by molar-refractivity contribution is 5.09. The van der Waals surface area contributed by atoms with Crippen molar-refractivity contribution in [3.63, 3.8) is 0 Å². The normalized spacial score (nSPS) is 19.6. The maximum atomic E-state index is 6.00. The Hall–Kier alpha value is -0.830. The van der Waals surface area contributed by atoms with Crippen molar-refractivity contribution < 1.29 is 0 Å². The maximum absolute atomic E-state index is 6.00. The van der Waals surface area contributed by atoms with E-state index < -0.39 is 0 Å². The van der Waals surface area contributed by atoms with E-state index in [2.05, 4.69) is 18.1 Å². The van der Waals surface area contributed by atoms with E-state index in [4.69, 9.17) is 5.73 Å². The summed E-state index contributed by atoms with van der Waals surface area (Å²) in [5.74, 6) is 0. The van der Waals surface area contributed by atoms with E-state index in [-0.39, 0.29) is 5.54 Å². The van der Waals surface area contributed by atoms with Crippen molar-refractivity contribution in [1.29, 1.82) is 0 Å². The van der Waals surface area contributed by atoms with Crippen LogP contribution in [0.4, 0.5) is 0 Å². The molecule has 12 heavy (non-hydrogen) atoms. The Kier molecular flexibility index (Phi) is 1.51. The molecule has 1 aliphatic rings. The van der Waals surface area contributed by atoms with Crippen LogP contribution >= 0.6 is 0 Å². The molecular formula is C9H15N3. The second-order valence-corrected chi connectivity index (χ2v) is 3.95. The van der Waals surface area contributed by atoms with Crippen LogP contribution in [0.2, 0.25) is 0 Å². The summed E-state index contributed by atoms with van der Waals surface area (Å²) in [6.07, 6.45) is 2.29. The lowest BCUT2D eigenvalue weighted by Crippen LogP contribution is -2.29. The average molecular weight is 165 g/mol. The van der Waals surface area contributed by atoms with Crippen molar-refractivity contribution in [2.45, 2.75) is 38.8 Å². The minimum Gasteiger partial charge on any atom is -0.324 e. The highest BCUT2D eigenvalue weighted by Gasteiger charge is 2.38. The van der Waals surface area contributed by atoms with Gasteiger partial charge in [0.25, 0.3) is 0 Å². The number of rotatable bonds is 2. The summed E-state index contributed by atoms with van der Waals surface area (Å²) < 4.78 is 2.02. The van der Waals surface area contributed by atoms with Gasteiger partial charge in [-0.1, -0.05) is 0 Å². The zero-order chi connectivity index (χ0) is 8.77. The molecular weight excluding hydrogens is 150 g/mol. The van der Waals surface area contributed by atoms with Crippen molar-refractivity contribution in [2.75, 3.05) is 0 Å². The van der Waals surface area contributed by atoms with Gasteiger partial charge >= 0.3 is 0 Å². The molecule has 0 saturated heterocycles. The highest BCUT2D eigenvalue weighted by Crippen LogP contribution is 2.33. The van der Waals surface area contributed by atoms with Gasteiger partial charge in [0.2, 0.25) is 0 Å². The fourth-order valence-electron chi connectivity index (χ4n) is 1.45. The standard InChI is InChI=1S/C9H15N3/c1-7-5-8(2)12(11-7)6-9(10)3-4-9/h5H,3-4,6,10H2,1-2H3. The molecule has 0 spiro atoms.